The van der Waals surface area contributed by atoms with Gasteiger partial charge in [0.1, 0.15) is 0 Å². The highest BCUT2D eigenvalue weighted by Gasteiger charge is 2.57. The zero-order valence-corrected chi connectivity index (χ0v) is 12.9. The fourth-order valence-electron chi connectivity index (χ4n) is 4.13. The Labute approximate surface area is 121 Å². The van der Waals surface area contributed by atoms with E-state index < -0.39 is 10.0 Å². The van der Waals surface area contributed by atoms with Crippen LogP contribution in [0.2, 0.25) is 0 Å². The van der Waals surface area contributed by atoms with Crippen LogP contribution in [-0.4, -0.2) is 44.6 Å². The van der Waals surface area contributed by atoms with Crippen molar-refractivity contribution in [2.45, 2.75) is 44.6 Å². The van der Waals surface area contributed by atoms with Crippen LogP contribution in [-0.2, 0) is 14.8 Å². The van der Waals surface area contributed by atoms with Crippen LogP contribution in [0.5, 0.6) is 0 Å². The Morgan fingerprint density at radius 3 is 2.50 bits per heavy atom. The van der Waals surface area contributed by atoms with Gasteiger partial charge in [-0.15, -0.1) is 0 Å². The lowest BCUT2D eigenvalue weighted by atomic mass is 10.0. The third kappa shape index (κ3) is 2.86. The summed E-state index contributed by atoms with van der Waals surface area (Å²) in [6.45, 7) is 1.16. The lowest BCUT2D eigenvalue weighted by Gasteiger charge is -2.36. The number of carbonyl (C=O) groups excluding carboxylic acids is 1. The smallest absolute Gasteiger partial charge is 0.226 e. The second-order valence-electron chi connectivity index (χ2n) is 6.59. The molecule has 2 aliphatic carbocycles. The third-order valence-electron chi connectivity index (χ3n) is 5.18. The Morgan fingerprint density at radius 1 is 1.15 bits per heavy atom. The molecule has 1 heterocycles. The van der Waals surface area contributed by atoms with E-state index in [1.165, 1.54) is 25.5 Å². The molecule has 3 aliphatic rings. The van der Waals surface area contributed by atoms with Crippen molar-refractivity contribution in [1.29, 1.82) is 0 Å². The summed E-state index contributed by atoms with van der Waals surface area (Å²) < 4.78 is 25.0. The van der Waals surface area contributed by atoms with E-state index in [1.807, 2.05) is 4.90 Å². The molecular weight excluding hydrogens is 276 g/mol. The minimum atomic E-state index is -3.18. The van der Waals surface area contributed by atoms with Crippen LogP contribution in [0.4, 0.5) is 0 Å². The number of sulfonamides is 1. The standard InChI is InChI=1S/C14H24N2O3S/c1-20(18,19)15-9-10-5-2-3-8-16(10)14(17)13-11-6-4-7-12(11)13/h10-13,15H,2-9H2,1H3/t10-,11-,12-/m0/s1. The predicted octanol–water partition coefficient (Wildman–Crippen LogP) is 0.963. The Balaban J connectivity index is 1.61. The molecule has 1 N–H and O–H groups in total. The van der Waals surface area contributed by atoms with Gasteiger partial charge < -0.3 is 4.90 Å². The first kappa shape index (κ1) is 14.3. The maximum absolute atomic E-state index is 12.7. The molecule has 0 bridgehead atoms. The number of hydrogen-bond donors (Lipinski definition) is 1. The largest absolute Gasteiger partial charge is 0.338 e. The van der Waals surface area contributed by atoms with Gasteiger partial charge in [-0.25, -0.2) is 13.1 Å². The van der Waals surface area contributed by atoms with E-state index >= 15 is 0 Å². The Bertz CT molecular complexity index is 481. The van der Waals surface area contributed by atoms with Gasteiger partial charge in [-0.05, 0) is 43.9 Å². The van der Waals surface area contributed by atoms with Gasteiger partial charge in [0, 0.05) is 25.0 Å². The van der Waals surface area contributed by atoms with Gasteiger partial charge in [-0.2, -0.15) is 0 Å². The van der Waals surface area contributed by atoms with Crippen molar-refractivity contribution in [3.05, 3.63) is 0 Å². The molecule has 5 nitrogen and oxygen atoms in total. The topological polar surface area (TPSA) is 66.5 Å². The van der Waals surface area contributed by atoms with E-state index in [-0.39, 0.29) is 12.0 Å². The van der Waals surface area contributed by atoms with Crippen molar-refractivity contribution in [1.82, 2.24) is 9.62 Å². The fourth-order valence-corrected chi connectivity index (χ4v) is 4.62. The summed E-state index contributed by atoms with van der Waals surface area (Å²) in [5, 5.41) is 0. The summed E-state index contributed by atoms with van der Waals surface area (Å²) in [4.78, 5) is 14.6. The second kappa shape index (κ2) is 5.30. The normalized spacial score (nSPS) is 36.8. The van der Waals surface area contributed by atoms with E-state index in [0.717, 1.165) is 25.8 Å². The molecule has 0 spiro atoms. The van der Waals surface area contributed by atoms with E-state index in [9.17, 15) is 13.2 Å². The molecule has 1 aliphatic heterocycles. The van der Waals surface area contributed by atoms with Crippen LogP contribution < -0.4 is 4.72 Å². The highest BCUT2D eigenvalue weighted by molar-refractivity contribution is 7.88. The molecule has 20 heavy (non-hydrogen) atoms. The number of likely N-dealkylation sites (tertiary alicyclic amines) is 1. The minimum absolute atomic E-state index is 0.0484. The molecule has 0 aromatic heterocycles. The highest BCUT2D eigenvalue weighted by Crippen LogP contribution is 2.58. The summed E-state index contributed by atoms with van der Waals surface area (Å²) in [6.07, 6.45) is 7.91. The van der Waals surface area contributed by atoms with Gasteiger partial charge in [0.2, 0.25) is 15.9 Å². The summed E-state index contributed by atoms with van der Waals surface area (Å²) in [5.74, 6) is 1.81. The molecule has 3 atom stereocenters. The Kier molecular flexibility index (Phi) is 3.79. The maximum atomic E-state index is 12.7. The van der Waals surface area contributed by atoms with E-state index in [4.69, 9.17) is 0 Å². The van der Waals surface area contributed by atoms with E-state index in [2.05, 4.69) is 4.72 Å². The number of fused-ring (bicyclic) bond motifs is 1. The predicted molar refractivity (Wildman–Crippen MR) is 76.5 cm³/mol. The average Bonchev–Trinajstić information content (AvgIpc) is 2.88. The number of rotatable bonds is 4. The average molecular weight is 300 g/mol. The molecule has 0 unspecified atom stereocenters. The van der Waals surface area contributed by atoms with Crippen LogP contribution >= 0.6 is 0 Å². The number of nitrogens with one attached hydrogen (secondary N) is 1. The van der Waals surface area contributed by atoms with E-state index in [0.29, 0.717) is 24.3 Å². The molecule has 3 rings (SSSR count). The van der Waals surface area contributed by atoms with Gasteiger partial charge in [0.15, 0.2) is 0 Å². The van der Waals surface area contributed by atoms with Crippen LogP contribution in [0.15, 0.2) is 0 Å². The first-order valence-corrected chi connectivity index (χ1v) is 9.61. The minimum Gasteiger partial charge on any atom is -0.338 e. The number of amides is 1. The van der Waals surface area contributed by atoms with Crippen LogP contribution in [0.3, 0.4) is 0 Å². The number of nitrogens with zero attached hydrogens (tertiary/aromatic N) is 1. The number of carbonyl (C=O) groups is 1. The highest BCUT2D eigenvalue weighted by atomic mass is 32.2. The number of piperidine rings is 1. The second-order valence-corrected chi connectivity index (χ2v) is 8.42. The Hall–Kier alpha value is -0.620. The van der Waals surface area contributed by atoms with Crippen molar-refractivity contribution in [3.8, 4) is 0 Å². The van der Waals surface area contributed by atoms with Gasteiger partial charge >= 0.3 is 0 Å². The van der Waals surface area contributed by atoms with Crippen molar-refractivity contribution < 1.29 is 13.2 Å². The first-order valence-electron chi connectivity index (χ1n) is 7.72. The molecule has 0 aromatic rings. The Morgan fingerprint density at radius 2 is 1.85 bits per heavy atom. The zero-order valence-electron chi connectivity index (χ0n) is 12.0. The third-order valence-corrected chi connectivity index (χ3v) is 5.87. The van der Waals surface area contributed by atoms with Gasteiger partial charge in [0.25, 0.3) is 0 Å². The van der Waals surface area contributed by atoms with Crippen molar-refractivity contribution in [2.24, 2.45) is 17.8 Å². The molecule has 1 saturated heterocycles. The summed E-state index contributed by atoms with van der Waals surface area (Å²) in [6, 6.07) is 0.0484. The lowest BCUT2D eigenvalue weighted by Crippen LogP contribution is -2.50. The molecule has 114 valence electrons. The van der Waals surface area contributed by atoms with Crippen molar-refractivity contribution >= 4 is 15.9 Å². The van der Waals surface area contributed by atoms with Crippen LogP contribution in [0.25, 0.3) is 0 Å². The quantitative estimate of drug-likeness (QED) is 0.841. The van der Waals surface area contributed by atoms with Gasteiger partial charge in [-0.3, -0.25) is 4.79 Å². The maximum Gasteiger partial charge on any atom is 0.226 e. The zero-order chi connectivity index (χ0) is 14.3. The monoisotopic (exact) mass is 300 g/mol. The van der Waals surface area contributed by atoms with Gasteiger partial charge in [-0.1, -0.05) is 6.42 Å². The fraction of sp³-hybridized carbons (Fsp3) is 0.929. The molecular formula is C14H24N2O3S. The molecule has 6 heteroatoms. The SMILES string of the molecule is CS(=O)(=O)NC[C@@H]1CCCCN1C(=O)C1[C@H]2CCC[C@H]12. The summed E-state index contributed by atoms with van der Waals surface area (Å²) in [7, 11) is -3.18. The van der Waals surface area contributed by atoms with Crippen molar-refractivity contribution in [3.63, 3.8) is 0 Å². The van der Waals surface area contributed by atoms with Crippen LogP contribution in [0, 0.1) is 17.8 Å². The van der Waals surface area contributed by atoms with Crippen molar-refractivity contribution in [2.75, 3.05) is 19.3 Å². The molecule has 0 radical (unpaired) electrons. The molecule has 1 amide bonds. The lowest BCUT2D eigenvalue weighted by molar-refractivity contribution is -0.137. The molecule has 0 aromatic carbocycles. The van der Waals surface area contributed by atoms with E-state index in [1.54, 1.807) is 0 Å². The first-order chi connectivity index (χ1) is 9.47. The summed E-state index contributed by atoms with van der Waals surface area (Å²) in [5.41, 5.74) is 0. The number of hydrogen-bond acceptors (Lipinski definition) is 3. The van der Waals surface area contributed by atoms with Gasteiger partial charge in [0.05, 0.1) is 6.26 Å². The molecule has 3 fully saturated rings. The summed E-state index contributed by atoms with van der Waals surface area (Å²) >= 11 is 0. The molecule has 2 saturated carbocycles. The van der Waals surface area contributed by atoms with Crippen LogP contribution in [0.1, 0.15) is 38.5 Å².